The van der Waals surface area contributed by atoms with Crippen LogP contribution in [0.3, 0.4) is 0 Å². The Bertz CT molecular complexity index is 445. The number of hydrogen-bond donors (Lipinski definition) is 1. The molecule has 0 unspecified atom stereocenters. The summed E-state index contributed by atoms with van der Waals surface area (Å²) in [5.74, 6) is -0.443. The first-order chi connectivity index (χ1) is 9.16. The Hall–Kier alpha value is -1.46. The van der Waals surface area contributed by atoms with E-state index in [1.807, 2.05) is 0 Å². The van der Waals surface area contributed by atoms with Gasteiger partial charge < -0.3 is 10.1 Å². The predicted molar refractivity (Wildman–Crippen MR) is 70.7 cm³/mol. The Kier molecular flexibility index (Phi) is 4.87. The maximum absolute atomic E-state index is 13.1. The second-order valence-corrected chi connectivity index (χ2v) is 4.67. The van der Waals surface area contributed by atoms with E-state index < -0.39 is 0 Å². The van der Waals surface area contributed by atoms with Crippen LogP contribution in [0.4, 0.5) is 4.39 Å². The summed E-state index contributed by atoms with van der Waals surface area (Å²) < 4.78 is 18.4. The second-order valence-electron chi connectivity index (χ2n) is 4.67. The Morgan fingerprint density at radius 3 is 2.84 bits per heavy atom. The highest BCUT2D eigenvalue weighted by Gasteiger charge is 2.11. The van der Waals surface area contributed by atoms with Gasteiger partial charge in [0.2, 0.25) is 0 Å². The van der Waals surface area contributed by atoms with E-state index in [4.69, 9.17) is 4.74 Å². The Morgan fingerprint density at radius 1 is 1.42 bits per heavy atom. The largest absolute Gasteiger partial charge is 0.379 e. The molecule has 0 spiro atoms. The number of morpholine rings is 1. The number of amides is 1. The molecule has 2 rings (SSSR count). The van der Waals surface area contributed by atoms with Gasteiger partial charge in [0.05, 0.1) is 13.2 Å². The summed E-state index contributed by atoms with van der Waals surface area (Å²) in [6, 6.07) is 4.40. The number of benzene rings is 1. The molecule has 5 heteroatoms. The Balaban J connectivity index is 1.78. The molecule has 0 aliphatic carbocycles. The smallest absolute Gasteiger partial charge is 0.251 e. The first-order valence-corrected chi connectivity index (χ1v) is 6.51. The summed E-state index contributed by atoms with van der Waals surface area (Å²) in [6.45, 7) is 6.39. The highest BCUT2D eigenvalue weighted by atomic mass is 19.1. The van der Waals surface area contributed by atoms with Crippen LogP contribution in [0.5, 0.6) is 0 Å². The van der Waals surface area contributed by atoms with Crippen LogP contribution in [0.25, 0.3) is 0 Å². The number of halogens is 1. The molecule has 4 nitrogen and oxygen atoms in total. The molecule has 1 aromatic carbocycles. The van der Waals surface area contributed by atoms with Gasteiger partial charge in [0.25, 0.3) is 5.91 Å². The fourth-order valence-corrected chi connectivity index (χ4v) is 2.04. The van der Waals surface area contributed by atoms with E-state index in [1.165, 1.54) is 12.1 Å². The van der Waals surface area contributed by atoms with E-state index in [-0.39, 0.29) is 11.7 Å². The van der Waals surface area contributed by atoms with Crippen LogP contribution in [-0.2, 0) is 4.74 Å². The number of carbonyl (C=O) groups is 1. The SMILES string of the molecule is Cc1cc(C(=O)NCCN2CCOCC2)ccc1F. The molecule has 0 bridgehead atoms. The number of nitrogens with one attached hydrogen (secondary N) is 1. The number of aryl methyl sites for hydroxylation is 1. The van der Waals surface area contributed by atoms with Gasteiger partial charge in [-0.25, -0.2) is 4.39 Å². The molecule has 1 aliphatic rings. The van der Waals surface area contributed by atoms with Gasteiger partial charge in [-0.15, -0.1) is 0 Å². The fourth-order valence-electron chi connectivity index (χ4n) is 2.04. The minimum absolute atomic E-state index is 0.156. The van der Waals surface area contributed by atoms with E-state index >= 15 is 0 Å². The van der Waals surface area contributed by atoms with Gasteiger partial charge in [0.1, 0.15) is 5.82 Å². The van der Waals surface area contributed by atoms with E-state index in [1.54, 1.807) is 13.0 Å². The molecule has 0 saturated carbocycles. The third-order valence-electron chi connectivity index (χ3n) is 3.24. The van der Waals surface area contributed by atoms with Gasteiger partial charge in [0, 0.05) is 31.7 Å². The molecule has 1 fully saturated rings. The molecule has 104 valence electrons. The van der Waals surface area contributed by atoms with Gasteiger partial charge in [-0.05, 0) is 30.7 Å². The van der Waals surface area contributed by atoms with Crippen molar-refractivity contribution in [3.63, 3.8) is 0 Å². The zero-order valence-electron chi connectivity index (χ0n) is 11.1. The summed E-state index contributed by atoms with van der Waals surface area (Å²) in [6.07, 6.45) is 0. The van der Waals surface area contributed by atoms with Crippen molar-refractivity contribution in [1.29, 1.82) is 0 Å². The molecular formula is C14H19FN2O2. The normalized spacial score (nSPS) is 16.3. The van der Waals surface area contributed by atoms with E-state index in [2.05, 4.69) is 10.2 Å². The van der Waals surface area contributed by atoms with Crippen molar-refractivity contribution in [2.75, 3.05) is 39.4 Å². The number of carbonyl (C=O) groups excluding carboxylic acids is 1. The van der Waals surface area contributed by atoms with Crippen molar-refractivity contribution in [1.82, 2.24) is 10.2 Å². The van der Waals surface area contributed by atoms with Crippen LogP contribution in [0.1, 0.15) is 15.9 Å². The first-order valence-electron chi connectivity index (χ1n) is 6.51. The quantitative estimate of drug-likeness (QED) is 0.890. The maximum atomic E-state index is 13.1. The van der Waals surface area contributed by atoms with Crippen LogP contribution in [0.2, 0.25) is 0 Å². The van der Waals surface area contributed by atoms with Crippen molar-refractivity contribution in [3.8, 4) is 0 Å². The summed E-state index contributed by atoms with van der Waals surface area (Å²) in [5, 5.41) is 2.85. The number of ether oxygens (including phenoxy) is 1. The Morgan fingerprint density at radius 2 is 2.16 bits per heavy atom. The van der Waals surface area contributed by atoms with Crippen LogP contribution >= 0.6 is 0 Å². The van der Waals surface area contributed by atoms with Gasteiger partial charge in [-0.3, -0.25) is 9.69 Å². The summed E-state index contributed by atoms with van der Waals surface area (Å²) >= 11 is 0. The maximum Gasteiger partial charge on any atom is 0.251 e. The van der Waals surface area contributed by atoms with Crippen LogP contribution in [-0.4, -0.2) is 50.2 Å². The van der Waals surface area contributed by atoms with Crippen molar-refractivity contribution in [2.45, 2.75) is 6.92 Å². The molecule has 1 aliphatic heterocycles. The molecule has 1 amide bonds. The number of rotatable bonds is 4. The topological polar surface area (TPSA) is 41.6 Å². The third kappa shape index (κ3) is 4.01. The number of nitrogens with zero attached hydrogens (tertiary/aromatic N) is 1. The highest BCUT2D eigenvalue weighted by molar-refractivity contribution is 5.94. The van der Waals surface area contributed by atoms with Crippen LogP contribution < -0.4 is 5.32 Å². The molecule has 1 aromatic rings. The third-order valence-corrected chi connectivity index (χ3v) is 3.24. The lowest BCUT2D eigenvalue weighted by Crippen LogP contribution is -2.41. The molecule has 19 heavy (non-hydrogen) atoms. The lowest BCUT2D eigenvalue weighted by Gasteiger charge is -2.26. The van der Waals surface area contributed by atoms with Crippen LogP contribution in [0, 0.1) is 12.7 Å². The van der Waals surface area contributed by atoms with E-state index in [0.29, 0.717) is 17.7 Å². The van der Waals surface area contributed by atoms with Gasteiger partial charge in [-0.1, -0.05) is 0 Å². The lowest BCUT2D eigenvalue weighted by atomic mass is 10.1. The van der Waals surface area contributed by atoms with Crippen LogP contribution in [0.15, 0.2) is 18.2 Å². The van der Waals surface area contributed by atoms with Crippen molar-refractivity contribution < 1.29 is 13.9 Å². The van der Waals surface area contributed by atoms with Crippen molar-refractivity contribution in [2.24, 2.45) is 0 Å². The van der Waals surface area contributed by atoms with Gasteiger partial charge >= 0.3 is 0 Å². The fraction of sp³-hybridized carbons (Fsp3) is 0.500. The monoisotopic (exact) mass is 266 g/mol. The average Bonchev–Trinajstić information content (AvgIpc) is 2.43. The standard InChI is InChI=1S/C14H19FN2O2/c1-11-10-12(2-3-13(11)15)14(18)16-4-5-17-6-8-19-9-7-17/h2-3,10H,4-9H2,1H3,(H,16,18). The summed E-state index contributed by atoms with van der Waals surface area (Å²) in [5.41, 5.74) is 0.988. The molecule has 1 heterocycles. The van der Waals surface area contributed by atoms with E-state index in [0.717, 1.165) is 32.8 Å². The molecule has 1 N–H and O–H groups in total. The molecule has 1 saturated heterocycles. The van der Waals surface area contributed by atoms with Gasteiger partial charge in [-0.2, -0.15) is 0 Å². The average molecular weight is 266 g/mol. The van der Waals surface area contributed by atoms with Gasteiger partial charge in [0.15, 0.2) is 0 Å². The second kappa shape index (κ2) is 6.63. The highest BCUT2D eigenvalue weighted by Crippen LogP contribution is 2.08. The molecule has 0 atom stereocenters. The van der Waals surface area contributed by atoms with Crippen molar-refractivity contribution >= 4 is 5.91 Å². The zero-order valence-corrected chi connectivity index (χ0v) is 11.1. The molecular weight excluding hydrogens is 247 g/mol. The first kappa shape index (κ1) is 14.0. The summed E-state index contributed by atoms with van der Waals surface area (Å²) in [7, 11) is 0. The minimum atomic E-state index is -0.287. The number of hydrogen-bond acceptors (Lipinski definition) is 3. The molecule has 0 aromatic heterocycles. The minimum Gasteiger partial charge on any atom is -0.379 e. The van der Waals surface area contributed by atoms with E-state index in [9.17, 15) is 9.18 Å². The predicted octanol–water partition coefficient (Wildman–Crippen LogP) is 1.20. The summed E-state index contributed by atoms with van der Waals surface area (Å²) in [4.78, 5) is 14.1. The Labute approximate surface area is 112 Å². The zero-order chi connectivity index (χ0) is 13.7. The lowest BCUT2D eigenvalue weighted by molar-refractivity contribution is 0.0383. The molecule has 0 radical (unpaired) electrons. The van der Waals surface area contributed by atoms with Crippen molar-refractivity contribution in [3.05, 3.63) is 35.1 Å².